The summed E-state index contributed by atoms with van der Waals surface area (Å²) in [4.78, 5) is 0. The number of hydrogen-bond acceptors (Lipinski definition) is 8. The molecule has 0 bridgehead atoms. The molecule has 8 nitrogen and oxygen atoms in total. The Morgan fingerprint density at radius 2 is 1.60 bits per heavy atom. The minimum Gasteiger partial charge on any atom is -0.491 e. The minimum absolute atomic E-state index is 0.156. The molecule has 1 unspecified atom stereocenters. The SMILES string of the molecule is NCCCC1OCC2(CO1)COC(CCCNCC(O)COc1ccccc1)OC2. The first-order valence-electron chi connectivity index (χ1n) is 10.9. The molecule has 2 fully saturated rings. The van der Waals surface area contributed by atoms with E-state index in [-0.39, 0.29) is 24.6 Å². The van der Waals surface area contributed by atoms with Crippen LogP contribution in [0.3, 0.4) is 0 Å². The van der Waals surface area contributed by atoms with E-state index in [1.807, 2.05) is 30.3 Å². The third-order valence-corrected chi connectivity index (χ3v) is 5.30. The molecule has 30 heavy (non-hydrogen) atoms. The van der Waals surface area contributed by atoms with Crippen molar-refractivity contribution in [3.63, 3.8) is 0 Å². The van der Waals surface area contributed by atoms with Gasteiger partial charge in [0.05, 0.1) is 31.8 Å². The fraction of sp³-hybridized carbons (Fsp3) is 0.727. The molecule has 2 aliphatic heterocycles. The van der Waals surface area contributed by atoms with Gasteiger partial charge in [-0.15, -0.1) is 0 Å². The molecule has 0 aliphatic carbocycles. The van der Waals surface area contributed by atoms with Crippen LogP contribution < -0.4 is 15.8 Å². The highest BCUT2D eigenvalue weighted by atomic mass is 16.7. The van der Waals surface area contributed by atoms with Crippen LogP contribution in [0.2, 0.25) is 0 Å². The molecule has 1 atom stereocenters. The summed E-state index contributed by atoms with van der Waals surface area (Å²) in [6, 6.07) is 9.50. The highest BCUT2D eigenvalue weighted by Crippen LogP contribution is 2.31. The first-order chi connectivity index (χ1) is 14.7. The Hall–Kier alpha value is -1.26. The zero-order chi connectivity index (χ0) is 21.1. The molecule has 1 aromatic rings. The Morgan fingerprint density at radius 1 is 1.00 bits per heavy atom. The molecule has 0 aromatic heterocycles. The van der Waals surface area contributed by atoms with Gasteiger partial charge in [0.15, 0.2) is 12.6 Å². The van der Waals surface area contributed by atoms with E-state index >= 15 is 0 Å². The van der Waals surface area contributed by atoms with E-state index in [4.69, 9.17) is 29.4 Å². The highest BCUT2D eigenvalue weighted by Gasteiger charge is 2.41. The first kappa shape index (κ1) is 23.4. The quantitative estimate of drug-likeness (QED) is 0.431. The average molecular weight is 425 g/mol. The lowest BCUT2D eigenvalue weighted by atomic mass is 9.90. The number of aliphatic hydroxyl groups excluding tert-OH is 1. The summed E-state index contributed by atoms with van der Waals surface area (Å²) in [6.07, 6.45) is 2.54. The second kappa shape index (κ2) is 12.6. The Bertz CT molecular complexity index is 572. The van der Waals surface area contributed by atoms with E-state index in [9.17, 15) is 5.11 Å². The normalized spacial score (nSPS) is 27.8. The molecule has 2 heterocycles. The predicted octanol–water partition coefficient (Wildman–Crippen LogP) is 1.27. The predicted molar refractivity (Wildman–Crippen MR) is 112 cm³/mol. The van der Waals surface area contributed by atoms with Crippen LogP contribution in [-0.4, -0.2) is 76.5 Å². The van der Waals surface area contributed by atoms with Crippen molar-refractivity contribution in [2.24, 2.45) is 11.1 Å². The molecule has 170 valence electrons. The molecule has 0 saturated carbocycles. The molecule has 1 spiro atoms. The van der Waals surface area contributed by atoms with Gasteiger partial charge >= 0.3 is 0 Å². The van der Waals surface area contributed by atoms with Gasteiger partial charge in [-0.25, -0.2) is 0 Å². The van der Waals surface area contributed by atoms with Crippen LogP contribution in [0.5, 0.6) is 5.75 Å². The Balaban J connectivity index is 1.20. The lowest BCUT2D eigenvalue weighted by Crippen LogP contribution is -2.52. The molecule has 2 saturated heterocycles. The fourth-order valence-electron chi connectivity index (χ4n) is 3.47. The lowest BCUT2D eigenvalue weighted by Gasteiger charge is -2.43. The maximum atomic E-state index is 10.00. The summed E-state index contributed by atoms with van der Waals surface area (Å²) in [5.74, 6) is 0.765. The number of nitrogens with two attached hydrogens (primary N) is 1. The number of para-hydroxylation sites is 1. The molecule has 3 rings (SSSR count). The van der Waals surface area contributed by atoms with Crippen LogP contribution in [0.15, 0.2) is 30.3 Å². The second-order valence-corrected chi connectivity index (χ2v) is 8.16. The number of aliphatic hydroxyl groups is 1. The molecule has 8 heteroatoms. The van der Waals surface area contributed by atoms with E-state index < -0.39 is 6.10 Å². The van der Waals surface area contributed by atoms with E-state index in [1.54, 1.807) is 0 Å². The van der Waals surface area contributed by atoms with Crippen molar-refractivity contribution >= 4 is 0 Å². The van der Waals surface area contributed by atoms with Gasteiger partial charge in [0.1, 0.15) is 18.5 Å². The second-order valence-electron chi connectivity index (χ2n) is 8.16. The van der Waals surface area contributed by atoms with E-state index in [0.717, 1.165) is 38.0 Å². The molecular weight excluding hydrogens is 388 g/mol. The van der Waals surface area contributed by atoms with Crippen molar-refractivity contribution in [1.82, 2.24) is 5.32 Å². The summed E-state index contributed by atoms with van der Waals surface area (Å²) in [5.41, 5.74) is 5.34. The van der Waals surface area contributed by atoms with Crippen LogP contribution >= 0.6 is 0 Å². The van der Waals surface area contributed by atoms with Gasteiger partial charge in [-0.3, -0.25) is 0 Å². The first-order valence-corrected chi connectivity index (χ1v) is 10.9. The van der Waals surface area contributed by atoms with Gasteiger partial charge < -0.3 is 39.8 Å². The Morgan fingerprint density at radius 3 is 2.20 bits per heavy atom. The standard InChI is InChI=1S/C22H36N2O6/c23-10-4-8-20-27-14-22(15-28-20)16-29-21(30-17-22)9-5-11-24-12-18(25)13-26-19-6-2-1-3-7-19/h1-3,6-7,18,20-21,24-25H,4-5,8-17,23H2. The maximum Gasteiger partial charge on any atom is 0.157 e. The number of benzene rings is 1. The molecule has 0 amide bonds. The van der Waals surface area contributed by atoms with Crippen molar-refractivity contribution in [1.29, 1.82) is 0 Å². The van der Waals surface area contributed by atoms with Gasteiger partial charge in [-0.2, -0.15) is 0 Å². The van der Waals surface area contributed by atoms with Crippen LogP contribution in [0.25, 0.3) is 0 Å². The largest absolute Gasteiger partial charge is 0.491 e. The average Bonchev–Trinajstić information content (AvgIpc) is 2.79. The number of ether oxygens (including phenoxy) is 5. The third kappa shape index (κ3) is 7.77. The van der Waals surface area contributed by atoms with Crippen molar-refractivity contribution in [3.05, 3.63) is 30.3 Å². The molecule has 0 radical (unpaired) electrons. The molecular formula is C22H36N2O6. The van der Waals surface area contributed by atoms with Crippen LogP contribution in [0.1, 0.15) is 25.7 Å². The van der Waals surface area contributed by atoms with Crippen LogP contribution in [0, 0.1) is 5.41 Å². The van der Waals surface area contributed by atoms with Crippen molar-refractivity contribution in [2.45, 2.75) is 44.4 Å². The number of rotatable bonds is 12. The van der Waals surface area contributed by atoms with Crippen molar-refractivity contribution < 1.29 is 28.8 Å². The van der Waals surface area contributed by atoms with E-state index in [1.165, 1.54) is 0 Å². The number of hydrogen-bond donors (Lipinski definition) is 3. The summed E-state index contributed by atoms with van der Waals surface area (Å²) in [5, 5.41) is 13.2. The number of nitrogens with one attached hydrogen (secondary N) is 1. The van der Waals surface area contributed by atoms with E-state index in [2.05, 4.69) is 5.32 Å². The monoisotopic (exact) mass is 424 g/mol. The van der Waals surface area contributed by atoms with Gasteiger partial charge in [-0.05, 0) is 50.9 Å². The summed E-state index contributed by atoms with van der Waals surface area (Å²) >= 11 is 0. The lowest BCUT2D eigenvalue weighted by molar-refractivity contribution is -0.304. The zero-order valence-electron chi connectivity index (χ0n) is 17.7. The van der Waals surface area contributed by atoms with Crippen LogP contribution in [0.4, 0.5) is 0 Å². The van der Waals surface area contributed by atoms with E-state index in [0.29, 0.717) is 39.5 Å². The maximum absolute atomic E-state index is 10.00. The van der Waals surface area contributed by atoms with Gasteiger partial charge in [0, 0.05) is 6.54 Å². The zero-order valence-corrected chi connectivity index (χ0v) is 17.7. The van der Waals surface area contributed by atoms with Gasteiger partial charge in [-0.1, -0.05) is 18.2 Å². The fourth-order valence-corrected chi connectivity index (χ4v) is 3.47. The highest BCUT2D eigenvalue weighted by molar-refractivity contribution is 5.20. The van der Waals surface area contributed by atoms with Crippen molar-refractivity contribution in [3.8, 4) is 5.75 Å². The molecule has 2 aliphatic rings. The Labute approximate surface area is 179 Å². The summed E-state index contributed by atoms with van der Waals surface area (Å²) in [7, 11) is 0. The smallest absolute Gasteiger partial charge is 0.157 e. The van der Waals surface area contributed by atoms with Crippen LogP contribution in [-0.2, 0) is 18.9 Å². The molecule has 1 aromatic carbocycles. The summed E-state index contributed by atoms with van der Waals surface area (Å²) in [6.45, 7) is 4.56. The third-order valence-electron chi connectivity index (χ3n) is 5.30. The summed E-state index contributed by atoms with van der Waals surface area (Å²) < 4.78 is 29.0. The Kier molecular flexibility index (Phi) is 9.80. The molecule has 4 N–H and O–H groups in total. The van der Waals surface area contributed by atoms with Gasteiger partial charge in [0.25, 0.3) is 0 Å². The topological polar surface area (TPSA) is 104 Å². The van der Waals surface area contributed by atoms with Crippen molar-refractivity contribution in [2.75, 3.05) is 52.7 Å². The van der Waals surface area contributed by atoms with Gasteiger partial charge in [0.2, 0.25) is 0 Å². The minimum atomic E-state index is -0.549.